The van der Waals surface area contributed by atoms with Gasteiger partial charge in [0.1, 0.15) is 11.9 Å². The third-order valence-corrected chi connectivity index (χ3v) is 3.39. The zero-order chi connectivity index (χ0) is 14.4. The minimum atomic E-state index is -0.330. The average molecular weight is 279 g/mol. The number of anilines is 1. The molecule has 0 unspecified atom stereocenters. The number of nitrogen functional groups attached to an aromatic ring is 1. The van der Waals surface area contributed by atoms with Crippen LogP contribution >= 0.6 is 0 Å². The topological polar surface area (TPSA) is 81.8 Å². The van der Waals surface area contributed by atoms with E-state index >= 15 is 0 Å². The van der Waals surface area contributed by atoms with Crippen LogP contribution in [0.25, 0.3) is 0 Å². The molecule has 1 aliphatic carbocycles. The van der Waals surface area contributed by atoms with Crippen molar-refractivity contribution in [1.82, 2.24) is 0 Å². The molecule has 5 heteroatoms. The average Bonchev–Trinajstić information content (AvgIpc) is 2.94. The number of carbonyl (C=O) groups is 1. The number of benzene rings is 1. The number of nitrogens with two attached hydrogens (primary N) is 1. The maximum absolute atomic E-state index is 12.0. The van der Waals surface area contributed by atoms with E-state index in [1.54, 1.807) is 18.2 Å². The third kappa shape index (κ3) is 3.87. The Morgan fingerprint density at radius 1 is 1.35 bits per heavy atom. The fourth-order valence-corrected chi connectivity index (χ4v) is 2.26. The summed E-state index contributed by atoms with van der Waals surface area (Å²) in [5, 5.41) is 8.73. The van der Waals surface area contributed by atoms with Gasteiger partial charge in [0.05, 0.1) is 17.9 Å². The normalized spacial score (nSPS) is 15.2. The lowest BCUT2D eigenvalue weighted by Gasteiger charge is -2.13. The number of rotatable bonds is 6. The molecule has 3 N–H and O–H groups in total. The molecule has 0 aromatic heterocycles. The Morgan fingerprint density at radius 2 is 2.10 bits per heavy atom. The molecule has 5 nitrogen and oxygen atoms in total. The highest BCUT2D eigenvalue weighted by Gasteiger charge is 2.20. The first-order valence-electron chi connectivity index (χ1n) is 7.05. The van der Waals surface area contributed by atoms with Crippen LogP contribution in [0.4, 0.5) is 5.69 Å². The van der Waals surface area contributed by atoms with Crippen LogP contribution in [0.3, 0.4) is 0 Å². The second-order valence-electron chi connectivity index (χ2n) is 4.99. The molecule has 1 saturated carbocycles. The highest BCUT2D eigenvalue weighted by molar-refractivity contribution is 5.90. The fraction of sp³-hybridized carbons (Fsp3) is 0.533. The van der Waals surface area contributed by atoms with Crippen molar-refractivity contribution in [2.45, 2.75) is 38.2 Å². The Morgan fingerprint density at radius 3 is 2.80 bits per heavy atom. The van der Waals surface area contributed by atoms with Gasteiger partial charge in [0.2, 0.25) is 0 Å². The van der Waals surface area contributed by atoms with Crippen molar-refractivity contribution in [1.29, 1.82) is 0 Å². The minimum absolute atomic E-state index is 0.0406. The molecule has 1 aliphatic rings. The minimum Gasteiger partial charge on any atom is -0.491 e. The van der Waals surface area contributed by atoms with Crippen LogP contribution in [-0.4, -0.2) is 30.4 Å². The SMILES string of the molecule is Nc1ccc(C(=O)OC2CCCC2)cc1OCCCO. The number of carbonyl (C=O) groups excluding carboxylic acids is 1. The molecule has 0 atom stereocenters. The largest absolute Gasteiger partial charge is 0.491 e. The Labute approximate surface area is 118 Å². The summed E-state index contributed by atoms with van der Waals surface area (Å²) >= 11 is 0. The predicted molar refractivity (Wildman–Crippen MR) is 75.7 cm³/mol. The van der Waals surface area contributed by atoms with Crippen LogP contribution < -0.4 is 10.5 Å². The highest BCUT2D eigenvalue weighted by atomic mass is 16.5. The van der Waals surface area contributed by atoms with Crippen molar-refractivity contribution in [3.63, 3.8) is 0 Å². The summed E-state index contributed by atoms with van der Waals surface area (Å²) in [6.07, 6.45) is 4.70. The van der Waals surface area contributed by atoms with Gasteiger partial charge in [-0.2, -0.15) is 0 Å². The van der Waals surface area contributed by atoms with Crippen LogP contribution in [0.2, 0.25) is 0 Å². The lowest BCUT2D eigenvalue weighted by molar-refractivity contribution is 0.0317. The zero-order valence-corrected chi connectivity index (χ0v) is 11.5. The first kappa shape index (κ1) is 14.7. The molecule has 0 spiro atoms. The monoisotopic (exact) mass is 279 g/mol. The van der Waals surface area contributed by atoms with Gasteiger partial charge in [-0.15, -0.1) is 0 Å². The Balaban J connectivity index is 1.99. The van der Waals surface area contributed by atoms with E-state index < -0.39 is 0 Å². The molecule has 1 aromatic carbocycles. The molecule has 0 heterocycles. The predicted octanol–water partition coefficient (Wildman–Crippen LogP) is 2.13. The number of esters is 1. The number of ether oxygens (including phenoxy) is 2. The summed E-state index contributed by atoms with van der Waals surface area (Å²) < 4.78 is 10.9. The Bertz CT molecular complexity index is 455. The molecule has 20 heavy (non-hydrogen) atoms. The van der Waals surface area contributed by atoms with Gasteiger partial charge in [-0.05, 0) is 43.9 Å². The number of aliphatic hydroxyl groups is 1. The van der Waals surface area contributed by atoms with E-state index in [0.717, 1.165) is 25.7 Å². The zero-order valence-electron chi connectivity index (χ0n) is 11.5. The lowest BCUT2D eigenvalue weighted by Crippen LogP contribution is -2.15. The third-order valence-electron chi connectivity index (χ3n) is 3.39. The summed E-state index contributed by atoms with van der Waals surface area (Å²) in [4.78, 5) is 12.0. The first-order valence-corrected chi connectivity index (χ1v) is 7.05. The van der Waals surface area contributed by atoms with Crippen LogP contribution in [0.5, 0.6) is 5.75 Å². The summed E-state index contributed by atoms with van der Waals surface area (Å²) in [5.41, 5.74) is 6.72. The second-order valence-corrected chi connectivity index (χ2v) is 4.99. The van der Waals surface area contributed by atoms with Crippen molar-refractivity contribution < 1.29 is 19.4 Å². The van der Waals surface area contributed by atoms with Crippen LogP contribution in [0.1, 0.15) is 42.5 Å². The summed E-state index contributed by atoms with van der Waals surface area (Å²) in [6, 6.07) is 4.88. The van der Waals surface area contributed by atoms with Gasteiger partial charge in [-0.3, -0.25) is 0 Å². The number of hydrogen-bond donors (Lipinski definition) is 2. The van der Waals surface area contributed by atoms with Gasteiger partial charge < -0.3 is 20.3 Å². The van der Waals surface area contributed by atoms with E-state index in [4.69, 9.17) is 20.3 Å². The molecule has 1 aromatic rings. The van der Waals surface area contributed by atoms with Crippen molar-refractivity contribution in [2.24, 2.45) is 0 Å². The maximum Gasteiger partial charge on any atom is 0.338 e. The summed E-state index contributed by atoms with van der Waals surface area (Å²) in [6.45, 7) is 0.422. The summed E-state index contributed by atoms with van der Waals surface area (Å²) in [5.74, 6) is 0.128. The Hall–Kier alpha value is -1.75. The first-order chi connectivity index (χ1) is 9.70. The Kier molecular flexibility index (Phi) is 5.24. The lowest BCUT2D eigenvalue weighted by atomic mass is 10.2. The van der Waals surface area contributed by atoms with Gasteiger partial charge in [-0.1, -0.05) is 0 Å². The summed E-state index contributed by atoms with van der Waals surface area (Å²) in [7, 11) is 0. The van der Waals surface area contributed by atoms with E-state index in [1.165, 1.54) is 0 Å². The standard InChI is InChI=1S/C15H21NO4/c16-13-7-6-11(10-14(13)19-9-3-8-17)15(18)20-12-4-1-2-5-12/h6-7,10,12,17H,1-5,8-9,16H2. The molecule has 0 amide bonds. The molecular weight excluding hydrogens is 258 g/mol. The van der Waals surface area contributed by atoms with Crippen LogP contribution in [-0.2, 0) is 4.74 Å². The molecule has 110 valence electrons. The van der Waals surface area contributed by atoms with Crippen LogP contribution in [0, 0.1) is 0 Å². The molecule has 2 rings (SSSR count). The molecule has 0 saturated heterocycles. The van der Waals surface area contributed by atoms with E-state index in [0.29, 0.717) is 30.0 Å². The molecule has 1 fully saturated rings. The molecule has 0 bridgehead atoms. The van der Waals surface area contributed by atoms with E-state index in [-0.39, 0.29) is 18.7 Å². The molecule has 0 radical (unpaired) electrons. The molecular formula is C15H21NO4. The fourth-order valence-electron chi connectivity index (χ4n) is 2.26. The van der Waals surface area contributed by atoms with E-state index in [1.807, 2.05) is 0 Å². The molecule has 0 aliphatic heterocycles. The van der Waals surface area contributed by atoms with Gasteiger partial charge in [0, 0.05) is 13.0 Å². The highest BCUT2D eigenvalue weighted by Crippen LogP contribution is 2.26. The van der Waals surface area contributed by atoms with Crippen molar-refractivity contribution in [3.8, 4) is 5.75 Å². The van der Waals surface area contributed by atoms with Gasteiger partial charge in [0.15, 0.2) is 0 Å². The maximum atomic E-state index is 12.0. The van der Waals surface area contributed by atoms with Crippen molar-refractivity contribution >= 4 is 11.7 Å². The van der Waals surface area contributed by atoms with Gasteiger partial charge in [-0.25, -0.2) is 4.79 Å². The quantitative estimate of drug-likeness (QED) is 0.473. The van der Waals surface area contributed by atoms with Gasteiger partial charge in [0.25, 0.3) is 0 Å². The smallest absolute Gasteiger partial charge is 0.338 e. The van der Waals surface area contributed by atoms with Crippen LogP contribution in [0.15, 0.2) is 18.2 Å². The van der Waals surface area contributed by atoms with Crippen molar-refractivity contribution in [2.75, 3.05) is 18.9 Å². The van der Waals surface area contributed by atoms with Crippen molar-refractivity contribution in [3.05, 3.63) is 23.8 Å². The number of hydrogen-bond acceptors (Lipinski definition) is 5. The van der Waals surface area contributed by atoms with Gasteiger partial charge >= 0.3 is 5.97 Å². The second kappa shape index (κ2) is 7.14. The van der Waals surface area contributed by atoms with E-state index in [2.05, 4.69) is 0 Å². The van der Waals surface area contributed by atoms with E-state index in [9.17, 15) is 4.79 Å². The number of aliphatic hydroxyl groups excluding tert-OH is 1.